The van der Waals surface area contributed by atoms with Crippen LogP contribution in [-0.2, 0) is 4.74 Å². The lowest BCUT2D eigenvalue weighted by Gasteiger charge is -1.92. The Kier molecular flexibility index (Phi) is 2.24. The van der Waals surface area contributed by atoms with E-state index in [1.54, 1.807) is 0 Å². The van der Waals surface area contributed by atoms with Gasteiger partial charge >= 0.3 is 5.97 Å². The molecule has 0 fully saturated rings. The maximum Gasteiger partial charge on any atom is 0.377 e. The molecule has 0 amide bonds. The van der Waals surface area contributed by atoms with E-state index in [0.717, 1.165) is 0 Å². The highest BCUT2D eigenvalue weighted by Crippen LogP contribution is 2.34. The molecule has 2 aromatic rings. The largest absolute Gasteiger partial charge is 0.504 e. The van der Waals surface area contributed by atoms with Crippen LogP contribution in [0.15, 0.2) is 16.7 Å². The summed E-state index contributed by atoms with van der Waals surface area (Å²) >= 11 is 5.72. The van der Waals surface area contributed by atoms with E-state index < -0.39 is 5.97 Å². The number of methoxy groups -OCH3 is 1. The van der Waals surface area contributed by atoms with Crippen molar-refractivity contribution in [3.63, 3.8) is 0 Å². The zero-order valence-corrected chi connectivity index (χ0v) is 8.41. The van der Waals surface area contributed by atoms with Gasteiger partial charge in [-0.05, 0) is 6.07 Å². The Morgan fingerprint density at radius 2 is 2.40 bits per heavy atom. The van der Waals surface area contributed by atoms with Crippen LogP contribution >= 0.6 is 11.6 Å². The highest BCUT2D eigenvalue weighted by atomic mass is 35.5. The molecular formula is C9H6ClNO4. The minimum atomic E-state index is -0.764. The number of ether oxygens (including phenoxy) is 1. The number of nitrogens with zero attached hydrogens (tertiary/aromatic N) is 1. The van der Waals surface area contributed by atoms with Gasteiger partial charge in [0.25, 0.3) is 5.76 Å². The van der Waals surface area contributed by atoms with Crippen LogP contribution in [0.25, 0.3) is 11.0 Å². The number of rotatable bonds is 1. The third kappa shape index (κ3) is 1.41. The highest BCUT2D eigenvalue weighted by molar-refractivity contribution is 6.33. The summed E-state index contributed by atoms with van der Waals surface area (Å²) in [5, 5.41) is 10.0. The third-order valence-electron chi connectivity index (χ3n) is 1.91. The summed E-state index contributed by atoms with van der Waals surface area (Å²) in [4.78, 5) is 14.9. The molecule has 0 aliphatic heterocycles. The van der Waals surface area contributed by atoms with E-state index in [9.17, 15) is 9.90 Å². The first-order valence-corrected chi connectivity index (χ1v) is 4.37. The Balaban J connectivity index is 2.75. The van der Waals surface area contributed by atoms with Crippen molar-refractivity contribution in [2.75, 3.05) is 7.11 Å². The molecule has 0 bridgehead atoms. The van der Waals surface area contributed by atoms with Crippen LogP contribution in [0.5, 0.6) is 5.75 Å². The second-order valence-electron chi connectivity index (χ2n) is 2.75. The predicted octanol–water partition coefficient (Wildman–Crippen LogP) is 1.97. The fraction of sp³-hybridized carbons (Fsp3) is 0.111. The summed E-state index contributed by atoms with van der Waals surface area (Å²) in [6.07, 6.45) is 1.40. The van der Waals surface area contributed by atoms with Gasteiger partial charge in [-0.15, -0.1) is 0 Å². The van der Waals surface area contributed by atoms with Gasteiger partial charge < -0.3 is 14.3 Å². The van der Waals surface area contributed by atoms with E-state index >= 15 is 0 Å². The number of aromatic hydroxyl groups is 1. The van der Waals surface area contributed by atoms with Crippen molar-refractivity contribution in [2.45, 2.75) is 0 Å². The van der Waals surface area contributed by atoms with Crippen LogP contribution in [-0.4, -0.2) is 23.2 Å². The summed E-state index contributed by atoms with van der Waals surface area (Å²) in [5.74, 6) is -1.33. The van der Waals surface area contributed by atoms with E-state index in [1.807, 2.05) is 0 Å². The van der Waals surface area contributed by atoms with Gasteiger partial charge in [0.15, 0.2) is 16.5 Å². The van der Waals surface area contributed by atoms with Crippen molar-refractivity contribution in [3.05, 3.63) is 23.2 Å². The highest BCUT2D eigenvalue weighted by Gasteiger charge is 2.22. The van der Waals surface area contributed by atoms with E-state index in [0.29, 0.717) is 5.39 Å². The molecule has 5 nitrogen and oxygen atoms in total. The van der Waals surface area contributed by atoms with E-state index in [-0.39, 0.29) is 22.2 Å². The fourth-order valence-corrected chi connectivity index (χ4v) is 1.41. The molecule has 0 atom stereocenters. The molecule has 0 radical (unpaired) electrons. The quantitative estimate of drug-likeness (QED) is 0.596. The molecule has 0 saturated carbocycles. The Bertz CT molecular complexity index is 534. The van der Waals surface area contributed by atoms with Crippen LogP contribution < -0.4 is 0 Å². The first-order chi connectivity index (χ1) is 7.15. The van der Waals surface area contributed by atoms with Gasteiger partial charge in [0.1, 0.15) is 0 Å². The van der Waals surface area contributed by atoms with Crippen molar-refractivity contribution in [3.8, 4) is 5.75 Å². The standard InChI is InChI=1S/C9H6ClNO4/c1-14-9(13)7-5(12)4-2-3-11-8(10)6(4)15-7/h2-3,12H,1H3. The lowest BCUT2D eigenvalue weighted by atomic mass is 10.3. The van der Waals surface area contributed by atoms with Crippen LogP contribution in [0.2, 0.25) is 5.15 Å². The summed E-state index contributed by atoms with van der Waals surface area (Å²) in [7, 11) is 1.19. The lowest BCUT2D eigenvalue weighted by molar-refractivity contribution is 0.0563. The second-order valence-corrected chi connectivity index (χ2v) is 3.11. The molecule has 15 heavy (non-hydrogen) atoms. The molecule has 0 saturated heterocycles. The van der Waals surface area contributed by atoms with Crippen molar-refractivity contribution in [1.82, 2.24) is 4.98 Å². The predicted molar refractivity (Wildman–Crippen MR) is 52.0 cm³/mol. The SMILES string of the molecule is COC(=O)c1oc2c(Cl)nccc2c1O. The molecule has 2 aromatic heterocycles. The van der Waals surface area contributed by atoms with E-state index in [2.05, 4.69) is 9.72 Å². The molecule has 78 valence electrons. The molecule has 0 spiro atoms. The Morgan fingerprint density at radius 3 is 3.00 bits per heavy atom. The number of hydrogen-bond donors (Lipinski definition) is 1. The molecule has 1 N–H and O–H groups in total. The first-order valence-electron chi connectivity index (χ1n) is 3.99. The number of halogens is 1. The van der Waals surface area contributed by atoms with Gasteiger partial charge in [0, 0.05) is 6.20 Å². The molecule has 2 rings (SSSR count). The Labute approximate surface area is 89.2 Å². The summed E-state index contributed by atoms with van der Waals surface area (Å²) in [5.41, 5.74) is 0.164. The minimum Gasteiger partial charge on any atom is -0.504 e. The zero-order valence-electron chi connectivity index (χ0n) is 7.65. The molecule has 0 unspecified atom stereocenters. The zero-order chi connectivity index (χ0) is 11.0. The number of carbonyl (C=O) groups is 1. The van der Waals surface area contributed by atoms with Gasteiger partial charge in [0.2, 0.25) is 0 Å². The van der Waals surface area contributed by atoms with Gasteiger partial charge in [-0.1, -0.05) is 11.6 Å². The topological polar surface area (TPSA) is 72.6 Å². The Morgan fingerprint density at radius 1 is 1.67 bits per heavy atom. The second kappa shape index (κ2) is 3.43. The van der Waals surface area contributed by atoms with Crippen LogP contribution in [0.3, 0.4) is 0 Å². The number of hydrogen-bond acceptors (Lipinski definition) is 5. The van der Waals surface area contributed by atoms with E-state index in [1.165, 1.54) is 19.4 Å². The molecule has 0 aliphatic carbocycles. The van der Waals surface area contributed by atoms with Gasteiger partial charge in [-0.25, -0.2) is 9.78 Å². The molecule has 0 aliphatic rings. The molecule has 0 aromatic carbocycles. The van der Waals surface area contributed by atoms with Crippen molar-refractivity contribution in [1.29, 1.82) is 0 Å². The van der Waals surface area contributed by atoms with Gasteiger partial charge in [0.05, 0.1) is 12.5 Å². The van der Waals surface area contributed by atoms with Crippen LogP contribution in [0, 0.1) is 0 Å². The Hall–Kier alpha value is -1.75. The fourth-order valence-electron chi connectivity index (χ4n) is 1.21. The molecular weight excluding hydrogens is 222 g/mol. The molecule has 6 heteroatoms. The van der Waals surface area contributed by atoms with Crippen molar-refractivity contribution in [2.24, 2.45) is 0 Å². The number of furan rings is 1. The maximum absolute atomic E-state index is 11.2. The lowest BCUT2D eigenvalue weighted by Crippen LogP contribution is -1.98. The number of carbonyl (C=O) groups excluding carboxylic acids is 1. The summed E-state index contributed by atoms with van der Waals surface area (Å²) in [6, 6.07) is 1.49. The first kappa shape index (κ1) is 9.79. The number of fused-ring (bicyclic) bond motifs is 1. The van der Waals surface area contributed by atoms with Gasteiger partial charge in [-0.3, -0.25) is 0 Å². The monoisotopic (exact) mass is 227 g/mol. The van der Waals surface area contributed by atoms with Crippen molar-refractivity contribution < 1.29 is 19.1 Å². The number of aromatic nitrogens is 1. The number of pyridine rings is 1. The van der Waals surface area contributed by atoms with Crippen LogP contribution in [0.1, 0.15) is 10.6 Å². The maximum atomic E-state index is 11.2. The van der Waals surface area contributed by atoms with E-state index in [4.69, 9.17) is 16.0 Å². The van der Waals surface area contributed by atoms with Crippen LogP contribution in [0.4, 0.5) is 0 Å². The smallest absolute Gasteiger partial charge is 0.377 e. The summed E-state index contributed by atoms with van der Waals surface area (Å²) < 4.78 is 9.49. The third-order valence-corrected chi connectivity index (χ3v) is 2.18. The molecule has 2 heterocycles. The average molecular weight is 228 g/mol. The van der Waals surface area contributed by atoms with Gasteiger partial charge in [-0.2, -0.15) is 0 Å². The minimum absolute atomic E-state index is 0.0814. The average Bonchev–Trinajstić information content (AvgIpc) is 2.57. The number of esters is 1. The normalized spacial score (nSPS) is 10.5. The van der Waals surface area contributed by atoms with Crippen molar-refractivity contribution >= 4 is 28.5 Å². The summed E-state index contributed by atoms with van der Waals surface area (Å²) in [6.45, 7) is 0.